The van der Waals surface area contributed by atoms with Gasteiger partial charge in [0.05, 0.1) is 20.4 Å². The zero-order chi connectivity index (χ0) is 18.4. The van der Waals surface area contributed by atoms with Crippen LogP contribution in [0.25, 0.3) is 0 Å². The number of nitrogens with zero attached hydrogens (tertiary/aromatic N) is 4. The maximum Gasteiger partial charge on any atom is 0.212 e. The Bertz CT molecular complexity index is 894. The summed E-state index contributed by atoms with van der Waals surface area (Å²) in [6.45, 7) is 1.88. The molecule has 6 nitrogen and oxygen atoms in total. The van der Waals surface area contributed by atoms with E-state index in [0.29, 0.717) is 11.5 Å². The molecule has 26 heavy (non-hydrogen) atoms. The Morgan fingerprint density at radius 2 is 1.81 bits per heavy atom. The van der Waals surface area contributed by atoms with Gasteiger partial charge in [0.2, 0.25) is 5.16 Å². The average Bonchev–Trinajstić information content (AvgIpc) is 3.04. The van der Waals surface area contributed by atoms with Crippen LogP contribution in [-0.2, 0) is 5.75 Å². The lowest BCUT2D eigenvalue weighted by atomic mass is 10.2. The summed E-state index contributed by atoms with van der Waals surface area (Å²) in [5, 5.41) is 13.6. The minimum atomic E-state index is 0.663. The lowest BCUT2D eigenvalue weighted by Gasteiger charge is -2.07. The molecular formula is C19H20N4O2S. The van der Waals surface area contributed by atoms with Crippen LogP contribution in [0.4, 0.5) is 0 Å². The first kappa shape index (κ1) is 18.0. The van der Waals surface area contributed by atoms with E-state index in [9.17, 15) is 0 Å². The highest BCUT2D eigenvalue weighted by Crippen LogP contribution is 2.27. The molecule has 0 saturated carbocycles. The Morgan fingerprint density at radius 1 is 1.04 bits per heavy atom. The van der Waals surface area contributed by atoms with Crippen LogP contribution in [0.3, 0.4) is 0 Å². The van der Waals surface area contributed by atoms with Gasteiger partial charge in [-0.1, -0.05) is 42.1 Å². The lowest BCUT2D eigenvalue weighted by Crippen LogP contribution is -1.97. The van der Waals surface area contributed by atoms with Gasteiger partial charge in [0.1, 0.15) is 0 Å². The fourth-order valence-electron chi connectivity index (χ4n) is 2.34. The van der Waals surface area contributed by atoms with Crippen LogP contribution in [0, 0.1) is 6.92 Å². The number of hydrogen-bond donors (Lipinski definition) is 0. The SMILES string of the molecule is COc1ccc(/C=N\n2c(C)nnc2SCc2ccccc2)cc1OC. The molecule has 0 fully saturated rings. The number of ether oxygens (including phenoxy) is 2. The third-order valence-electron chi connectivity index (χ3n) is 3.71. The van der Waals surface area contributed by atoms with E-state index < -0.39 is 0 Å². The molecule has 1 heterocycles. The van der Waals surface area contributed by atoms with Crippen molar-refractivity contribution in [2.24, 2.45) is 5.10 Å². The van der Waals surface area contributed by atoms with Gasteiger partial charge in [-0.15, -0.1) is 10.2 Å². The van der Waals surface area contributed by atoms with Gasteiger partial charge >= 0.3 is 0 Å². The molecule has 0 atom stereocenters. The van der Waals surface area contributed by atoms with Crippen molar-refractivity contribution in [3.05, 3.63) is 65.5 Å². The molecule has 7 heteroatoms. The minimum Gasteiger partial charge on any atom is -0.493 e. The molecule has 0 saturated heterocycles. The van der Waals surface area contributed by atoms with Crippen LogP contribution in [0.5, 0.6) is 11.5 Å². The van der Waals surface area contributed by atoms with Gasteiger partial charge in [0.25, 0.3) is 0 Å². The van der Waals surface area contributed by atoms with Crippen molar-refractivity contribution < 1.29 is 9.47 Å². The third-order valence-corrected chi connectivity index (χ3v) is 4.70. The van der Waals surface area contributed by atoms with Crippen LogP contribution in [0.15, 0.2) is 58.8 Å². The van der Waals surface area contributed by atoms with Crippen molar-refractivity contribution >= 4 is 18.0 Å². The maximum absolute atomic E-state index is 5.33. The van der Waals surface area contributed by atoms with Crippen LogP contribution >= 0.6 is 11.8 Å². The van der Waals surface area contributed by atoms with Crippen molar-refractivity contribution in [3.63, 3.8) is 0 Å². The summed E-state index contributed by atoms with van der Waals surface area (Å²) >= 11 is 1.60. The predicted octanol–water partition coefficient (Wildman–Crippen LogP) is 3.78. The molecule has 1 aromatic heterocycles. The standard InChI is InChI=1S/C19H20N4O2S/c1-14-21-22-19(26-13-15-7-5-4-6-8-15)23(14)20-12-16-9-10-17(24-2)18(11-16)25-3/h4-12H,13H2,1-3H3/b20-12-. The molecule has 134 valence electrons. The summed E-state index contributed by atoms with van der Waals surface area (Å²) in [5.74, 6) is 2.89. The minimum absolute atomic E-state index is 0.663. The number of aromatic nitrogens is 3. The smallest absolute Gasteiger partial charge is 0.212 e. The summed E-state index contributed by atoms with van der Waals surface area (Å²) in [6, 6.07) is 15.9. The molecule has 0 spiro atoms. The normalized spacial score (nSPS) is 11.0. The largest absolute Gasteiger partial charge is 0.493 e. The van der Waals surface area contributed by atoms with Gasteiger partial charge in [-0.2, -0.15) is 9.78 Å². The molecule has 0 bridgehead atoms. The maximum atomic E-state index is 5.33. The molecule has 2 aromatic carbocycles. The molecule has 0 aliphatic rings. The molecule has 0 amide bonds. The first-order valence-electron chi connectivity index (χ1n) is 8.06. The van der Waals surface area contributed by atoms with Gasteiger partial charge in [0, 0.05) is 5.75 Å². The number of rotatable bonds is 7. The highest BCUT2D eigenvalue weighted by Gasteiger charge is 2.09. The van der Waals surface area contributed by atoms with Gasteiger partial charge in [-0.25, -0.2) is 0 Å². The first-order valence-corrected chi connectivity index (χ1v) is 9.05. The van der Waals surface area contributed by atoms with Crippen molar-refractivity contribution in [2.45, 2.75) is 17.8 Å². The molecule has 0 unspecified atom stereocenters. The van der Waals surface area contributed by atoms with E-state index in [-0.39, 0.29) is 0 Å². The van der Waals surface area contributed by atoms with Gasteiger partial charge in [0.15, 0.2) is 17.3 Å². The Kier molecular flexibility index (Phi) is 5.91. The summed E-state index contributed by atoms with van der Waals surface area (Å²) in [7, 11) is 3.23. The van der Waals surface area contributed by atoms with E-state index in [1.54, 1.807) is 36.9 Å². The van der Waals surface area contributed by atoms with Crippen molar-refractivity contribution in [1.29, 1.82) is 0 Å². The molecule has 0 aliphatic heterocycles. The van der Waals surface area contributed by atoms with Crippen LogP contribution in [0.2, 0.25) is 0 Å². The summed E-state index contributed by atoms with van der Waals surface area (Å²) in [6.07, 6.45) is 1.75. The Morgan fingerprint density at radius 3 is 2.54 bits per heavy atom. The highest BCUT2D eigenvalue weighted by atomic mass is 32.2. The number of aryl methyl sites for hydroxylation is 1. The fourth-order valence-corrected chi connectivity index (χ4v) is 3.23. The van der Waals surface area contributed by atoms with E-state index in [2.05, 4.69) is 27.4 Å². The Hall–Kier alpha value is -2.80. The lowest BCUT2D eigenvalue weighted by molar-refractivity contribution is 0.355. The summed E-state index contributed by atoms with van der Waals surface area (Å²) < 4.78 is 12.3. The van der Waals surface area contributed by atoms with E-state index in [4.69, 9.17) is 9.47 Å². The van der Waals surface area contributed by atoms with Gasteiger partial charge in [-0.3, -0.25) is 0 Å². The molecule has 0 N–H and O–H groups in total. The van der Waals surface area contributed by atoms with Crippen molar-refractivity contribution in [3.8, 4) is 11.5 Å². The van der Waals surface area contributed by atoms with E-state index in [1.807, 2.05) is 43.3 Å². The third kappa shape index (κ3) is 4.23. The first-order chi connectivity index (χ1) is 12.7. The zero-order valence-corrected chi connectivity index (χ0v) is 15.7. The molecular weight excluding hydrogens is 348 g/mol. The molecule has 0 radical (unpaired) electrons. The van der Waals surface area contributed by atoms with Crippen molar-refractivity contribution in [1.82, 2.24) is 14.9 Å². The number of benzene rings is 2. The quantitative estimate of drug-likeness (QED) is 0.469. The summed E-state index contributed by atoms with van der Waals surface area (Å²) in [4.78, 5) is 0. The van der Waals surface area contributed by atoms with Gasteiger partial charge < -0.3 is 9.47 Å². The van der Waals surface area contributed by atoms with Crippen LogP contribution in [-0.4, -0.2) is 35.3 Å². The molecule has 3 aromatic rings. The monoisotopic (exact) mass is 368 g/mol. The second kappa shape index (κ2) is 8.53. The fraction of sp³-hybridized carbons (Fsp3) is 0.211. The second-order valence-corrected chi connectivity index (χ2v) is 6.42. The zero-order valence-electron chi connectivity index (χ0n) is 14.9. The summed E-state index contributed by atoms with van der Waals surface area (Å²) in [5.41, 5.74) is 2.13. The van der Waals surface area contributed by atoms with Crippen molar-refractivity contribution in [2.75, 3.05) is 14.2 Å². The Labute approximate surface area is 156 Å². The number of methoxy groups -OCH3 is 2. The average molecular weight is 368 g/mol. The number of thioether (sulfide) groups is 1. The van der Waals surface area contributed by atoms with Crippen LogP contribution in [0.1, 0.15) is 17.0 Å². The molecule has 3 rings (SSSR count). The highest BCUT2D eigenvalue weighted by molar-refractivity contribution is 7.98. The van der Waals surface area contributed by atoms with E-state index >= 15 is 0 Å². The second-order valence-electron chi connectivity index (χ2n) is 5.47. The molecule has 0 aliphatic carbocycles. The van der Waals surface area contributed by atoms with E-state index in [1.165, 1.54) is 5.56 Å². The Balaban J connectivity index is 1.77. The number of hydrogen-bond acceptors (Lipinski definition) is 6. The topological polar surface area (TPSA) is 61.5 Å². The predicted molar refractivity (Wildman–Crippen MR) is 103 cm³/mol. The van der Waals surface area contributed by atoms with Crippen LogP contribution < -0.4 is 9.47 Å². The van der Waals surface area contributed by atoms with E-state index in [0.717, 1.165) is 22.3 Å². The van der Waals surface area contributed by atoms with Gasteiger partial charge in [-0.05, 0) is 36.2 Å².